The zero-order chi connectivity index (χ0) is 3.54. The molecule has 6 heavy (non-hydrogen) atoms. The van der Waals surface area contributed by atoms with Crippen LogP contribution >= 0.6 is 0 Å². The van der Waals surface area contributed by atoms with Crippen molar-refractivity contribution in [1.82, 2.24) is 4.98 Å². The molecule has 0 spiro atoms. The summed E-state index contributed by atoms with van der Waals surface area (Å²) in [6.45, 7) is 0. The van der Waals surface area contributed by atoms with Crippen molar-refractivity contribution in [3.8, 4) is 0 Å². The molecule has 1 rings (SSSR count). The quantitative estimate of drug-likeness (QED) is 0.499. The Labute approximate surface area is 46.7 Å². The van der Waals surface area contributed by atoms with E-state index in [2.05, 4.69) is 4.98 Å². The minimum absolute atomic E-state index is 0. The van der Waals surface area contributed by atoms with Gasteiger partial charge in [0.05, 0.1) is 0 Å². The Morgan fingerprint density at radius 3 is 1.67 bits per heavy atom. The van der Waals surface area contributed by atoms with Gasteiger partial charge in [-0.15, -0.1) is 0 Å². The molecule has 0 saturated carbocycles. The van der Waals surface area contributed by atoms with Crippen LogP contribution in [0.3, 0.4) is 0 Å². The first-order chi connectivity index (χ1) is 2.50. The summed E-state index contributed by atoms with van der Waals surface area (Å²) in [5, 5.41) is 0. The van der Waals surface area contributed by atoms with Gasteiger partial charge in [-0.05, 0) is 12.1 Å². The van der Waals surface area contributed by atoms with E-state index < -0.39 is 0 Å². The third-order valence-electron chi connectivity index (χ3n) is 0.496. The molecule has 34 valence electrons. The number of nitrogens with one attached hydrogen (secondary N) is 1. The van der Waals surface area contributed by atoms with Crippen LogP contribution in [0.15, 0.2) is 24.5 Å². The van der Waals surface area contributed by atoms with Crippen molar-refractivity contribution < 1.29 is 16.5 Å². The average Bonchev–Trinajstić information content (AvgIpc) is 1.76. The number of aromatic nitrogens is 1. The van der Waals surface area contributed by atoms with Crippen molar-refractivity contribution in [2.75, 3.05) is 0 Å². The standard InChI is InChI=1S/C4H5N.Ni/c1-2-4-5-3-1;/h1-5H;/q;+2. The number of hydrogen-bond acceptors (Lipinski definition) is 0. The SMILES string of the molecule is [Ni+2].c1cc[nH]c1. The van der Waals surface area contributed by atoms with Crippen LogP contribution in [0, 0.1) is 0 Å². The summed E-state index contributed by atoms with van der Waals surface area (Å²) in [4.78, 5) is 2.86. The van der Waals surface area contributed by atoms with E-state index in [1.165, 1.54) is 0 Å². The van der Waals surface area contributed by atoms with E-state index in [1.807, 2.05) is 24.5 Å². The van der Waals surface area contributed by atoms with E-state index in [9.17, 15) is 0 Å². The third-order valence-corrected chi connectivity index (χ3v) is 0.496. The maximum atomic E-state index is 2.86. The molecule has 0 unspecified atom stereocenters. The van der Waals surface area contributed by atoms with Crippen LogP contribution in [-0.4, -0.2) is 4.98 Å². The smallest absolute Gasteiger partial charge is 0.368 e. The molecule has 2 heteroatoms. The molecule has 0 fully saturated rings. The van der Waals surface area contributed by atoms with Gasteiger partial charge in [0.1, 0.15) is 0 Å². The van der Waals surface area contributed by atoms with Crippen LogP contribution in [0.5, 0.6) is 0 Å². The number of hydrogen-bond donors (Lipinski definition) is 1. The molecule has 0 radical (unpaired) electrons. The summed E-state index contributed by atoms with van der Waals surface area (Å²) >= 11 is 0. The van der Waals surface area contributed by atoms with Gasteiger partial charge in [-0.25, -0.2) is 0 Å². The summed E-state index contributed by atoms with van der Waals surface area (Å²) < 4.78 is 0. The normalized spacial score (nSPS) is 6.67. The van der Waals surface area contributed by atoms with Gasteiger partial charge in [0.2, 0.25) is 0 Å². The van der Waals surface area contributed by atoms with Crippen molar-refractivity contribution in [2.45, 2.75) is 0 Å². The molecule has 1 heterocycles. The maximum absolute atomic E-state index is 2.86. The summed E-state index contributed by atoms with van der Waals surface area (Å²) in [7, 11) is 0. The molecule has 1 nitrogen and oxygen atoms in total. The molecular weight excluding hydrogens is 121 g/mol. The number of H-pyrrole nitrogens is 1. The predicted molar refractivity (Wildman–Crippen MR) is 20.8 cm³/mol. The van der Waals surface area contributed by atoms with E-state index in [0.29, 0.717) is 0 Å². The zero-order valence-corrected chi connectivity index (χ0v) is 4.11. The minimum atomic E-state index is 0. The van der Waals surface area contributed by atoms with Gasteiger partial charge in [0.25, 0.3) is 0 Å². The molecule has 0 aromatic carbocycles. The van der Waals surface area contributed by atoms with Gasteiger partial charge in [0, 0.05) is 12.4 Å². The van der Waals surface area contributed by atoms with Crippen LogP contribution in [0.25, 0.3) is 0 Å². The molecule has 0 amide bonds. The second-order valence-corrected chi connectivity index (χ2v) is 0.885. The Morgan fingerprint density at radius 1 is 1.00 bits per heavy atom. The molecule has 0 bridgehead atoms. The van der Waals surface area contributed by atoms with Crippen molar-refractivity contribution in [1.29, 1.82) is 0 Å². The second-order valence-electron chi connectivity index (χ2n) is 0.885. The summed E-state index contributed by atoms with van der Waals surface area (Å²) in [6.07, 6.45) is 3.75. The van der Waals surface area contributed by atoms with Crippen LogP contribution in [-0.2, 0) is 16.5 Å². The van der Waals surface area contributed by atoms with Gasteiger partial charge in [0.15, 0.2) is 0 Å². The van der Waals surface area contributed by atoms with Crippen LogP contribution in [0.2, 0.25) is 0 Å². The first-order valence-corrected chi connectivity index (χ1v) is 1.58. The number of aromatic amines is 1. The van der Waals surface area contributed by atoms with E-state index in [-0.39, 0.29) is 16.5 Å². The zero-order valence-electron chi connectivity index (χ0n) is 3.13. The fraction of sp³-hybridized carbons (Fsp3) is 0. The van der Waals surface area contributed by atoms with Crippen LogP contribution < -0.4 is 0 Å². The fourth-order valence-electron chi connectivity index (χ4n) is 0.278. The molecule has 0 aliphatic rings. The first kappa shape index (κ1) is 5.77. The molecule has 0 saturated heterocycles. The predicted octanol–water partition coefficient (Wildman–Crippen LogP) is 1.01. The van der Waals surface area contributed by atoms with Crippen molar-refractivity contribution in [3.63, 3.8) is 0 Å². The summed E-state index contributed by atoms with van der Waals surface area (Å²) in [5.74, 6) is 0. The monoisotopic (exact) mass is 125 g/mol. The second kappa shape index (κ2) is 2.98. The van der Waals surface area contributed by atoms with Crippen molar-refractivity contribution in [2.24, 2.45) is 0 Å². The van der Waals surface area contributed by atoms with Gasteiger partial charge >= 0.3 is 16.5 Å². The molecule has 0 atom stereocenters. The summed E-state index contributed by atoms with van der Waals surface area (Å²) in [5.41, 5.74) is 0. The molecule has 0 aliphatic heterocycles. The fourth-order valence-corrected chi connectivity index (χ4v) is 0.278. The maximum Gasteiger partial charge on any atom is 2.00 e. The molecule has 1 aromatic rings. The Bertz CT molecular complexity index is 64.0. The van der Waals surface area contributed by atoms with Gasteiger partial charge < -0.3 is 4.98 Å². The Morgan fingerprint density at radius 2 is 1.50 bits per heavy atom. The van der Waals surface area contributed by atoms with Crippen LogP contribution in [0.4, 0.5) is 0 Å². The largest absolute Gasteiger partial charge is 2.00 e. The van der Waals surface area contributed by atoms with E-state index >= 15 is 0 Å². The van der Waals surface area contributed by atoms with E-state index in [1.54, 1.807) is 0 Å². The average molecular weight is 126 g/mol. The summed E-state index contributed by atoms with van der Waals surface area (Å²) in [6, 6.07) is 3.89. The van der Waals surface area contributed by atoms with E-state index in [4.69, 9.17) is 0 Å². The molecule has 0 aliphatic carbocycles. The molecule has 1 N–H and O–H groups in total. The van der Waals surface area contributed by atoms with Crippen LogP contribution in [0.1, 0.15) is 0 Å². The Hall–Kier alpha value is -0.226. The number of rotatable bonds is 0. The van der Waals surface area contributed by atoms with Crippen molar-refractivity contribution in [3.05, 3.63) is 24.5 Å². The molecule has 1 aromatic heterocycles. The van der Waals surface area contributed by atoms with Gasteiger partial charge in [-0.3, -0.25) is 0 Å². The minimum Gasteiger partial charge on any atom is -0.368 e. The first-order valence-electron chi connectivity index (χ1n) is 1.58. The molecular formula is C4H5NNi+2. The van der Waals surface area contributed by atoms with E-state index in [0.717, 1.165) is 0 Å². The Balaban J connectivity index is 0.000000250. The Kier molecular flexibility index (Phi) is 2.87. The topological polar surface area (TPSA) is 15.8 Å². The van der Waals surface area contributed by atoms with Gasteiger partial charge in [-0.2, -0.15) is 0 Å². The third kappa shape index (κ3) is 1.27. The van der Waals surface area contributed by atoms with Gasteiger partial charge in [-0.1, -0.05) is 0 Å². The van der Waals surface area contributed by atoms with Crippen molar-refractivity contribution >= 4 is 0 Å².